The van der Waals surface area contributed by atoms with E-state index in [9.17, 15) is 4.79 Å². The fourth-order valence-corrected chi connectivity index (χ4v) is 2.83. The lowest BCUT2D eigenvalue weighted by Crippen LogP contribution is -2.24. The molecule has 1 aromatic carbocycles. The minimum Gasteiger partial charge on any atom is -0.479 e. The highest BCUT2D eigenvalue weighted by molar-refractivity contribution is 5.72. The Hall–Kier alpha value is -1.55. The number of ether oxygens (including phenoxy) is 1. The SMILES string of the molecule is CC(Oc1cccc2c1CCC(CCCO)C2)C(=O)O. The van der Waals surface area contributed by atoms with E-state index in [2.05, 4.69) is 6.07 Å². The zero-order valence-corrected chi connectivity index (χ0v) is 11.8. The zero-order chi connectivity index (χ0) is 14.5. The van der Waals surface area contributed by atoms with E-state index in [4.69, 9.17) is 14.9 Å². The van der Waals surface area contributed by atoms with Crippen LogP contribution < -0.4 is 4.74 Å². The predicted octanol–water partition coefficient (Wildman–Crippen LogP) is 2.42. The number of hydrogen-bond donors (Lipinski definition) is 2. The fraction of sp³-hybridized carbons (Fsp3) is 0.562. The molecule has 4 nitrogen and oxygen atoms in total. The second-order valence-corrected chi connectivity index (χ2v) is 5.47. The van der Waals surface area contributed by atoms with Crippen LogP contribution in [0, 0.1) is 5.92 Å². The Kier molecular flexibility index (Phi) is 5.01. The Morgan fingerprint density at radius 2 is 2.30 bits per heavy atom. The van der Waals surface area contributed by atoms with Crippen molar-refractivity contribution in [3.05, 3.63) is 29.3 Å². The van der Waals surface area contributed by atoms with Crippen LogP contribution in [0.15, 0.2) is 18.2 Å². The summed E-state index contributed by atoms with van der Waals surface area (Å²) in [6.45, 7) is 1.80. The third-order valence-electron chi connectivity index (χ3n) is 3.96. The maximum absolute atomic E-state index is 10.9. The molecule has 2 unspecified atom stereocenters. The van der Waals surface area contributed by atoms with Crippen molar-refractivity contribution >= 4 is 5.97 Å². The van der Waals surface area contributed by atoms with Crippen molar-refractivity contribution in [2.75, 3.05) is 6.61 Å². The van der Waals surface area contributed by atoms with Gasteiger partial charge in [-0.15, -0.1) is 0 Å². The second kappa shape index (κ2) is 6.75. The summed E-state index contributed by atoms with van der Waals surface area (Å²) in [4.78, 5) is 10.9. The maximum Gasteiger partial charge on any atom is 0.344 e. The van der Waals surface area contributed by atoms with Gasteiger partial charge >= 0.3 is 5.97 Å². The largest absolute Gasteiger partial charge is 0.479 e. The Morgan fingerprint density at radius 3 is 3.00 bits per heavy atom. The molecule has 0 heterocycles. The number of rotatable bonds is 6. The number of carboxylic acid groups (broad SMARTS) is 1. The molecule has 0 spiro atoms. The summed E-state index contributed by atoms with van der Waals surface area (Å²) < 4.78 is 5.55. The molecule has 0 amide bonds. The Balaban J connectivity index is 2.10. The van der Waals surface area contributed by atoms with E-state index < -0.39 is 12.1 Å². The van der Waals surface area contributed by atoms with Crippen molar-refractivity contribution in [3.63, 3.8) is 0 Å². The number of aliphatic hydroxyl groups is 1. The standard InChI is InChI=1S/C16H22O4/c1-11(16(18)19)20-15-6-2-5-13-10-12(4-3-9-17)7-8-14(13)15/h2,5-6,11-12,17H,3-4,7-10H2,1H3,(H,18,19). The van der Waals surface area contributed by atoms with E-state index in [1.807, 2.05) is 12.1 Å². The van der Waals surface area contributed by atoms with Crippen LogP contribution in [0.25, 0.3) is 0 Å². The van der Waals surface area contributed by atoms with Crippen LogP contribution in [0.4, 0.5) is 0 Å². The van der Waals surface area contributed by atoms with Crippen LogP contribution in [0.3, 0.4) is 0 Å². The molecule has 0 radical (unpaired) electrons. The van der Waals surface area contributed by atoms with Crippen LogP contribution in [-0.4, -0.2) is 28.9 Å². The lowest BCUT2D eigenvalue weighted by molar-refractivity contribution is -0.144. The maximum atomic E-state index is 10.9. The number of aliphatic hydroxyl groups excluding tert-OH is 1. The van der Waals surface area contributed by atoms with Gasteiger partial charge in [-0.25, -0.2) is 4.79 Å². The molecular weight excluding hydrogens is 256 g/mol. The summed E-state index contributed by atoms with van der Waals surface area (Å²) in [5.74, 6) is 0.374. The highest BCUT2D eigenvalue weighted by Crippen LogP contribution is 2.34. The topological polar surface area (TPSA) is 66.8 Å². The number of aliphatic carboxylic acids is 1. The first-order valence-corrected chi connectivity index (χ1v) is 7.23. The molecule has 1 aromatic rings. The second-order valence-electron chi connectivity index (χ2n) is 5.47. The Bertz CT molecular complexity index is 470. The molecule has 2 atom stereocenters. The first kappa shape index (κ1) is 14.9. The van der Waals surface area contributed by atoms with Crippen molar-refractivity contribution in [2.24, 2.45) is 5.92 Å². The van der Waals surface area contributed by atoms with Crippen LogP contribution >= 0.6 is 0 Å². The molecule has 4 heteroatoms. The van der Waals surface area contributed by atoms with E-state index in [0.29, 0.717) is 11.7 Å². The van der Waals surface area contributed by atoms with Gasteiger partial charge in [0.05, 0.1) is 0 Å². The highest BCUT2D eigenvalue weighted by Gasteiger charge is 2.22. The van der Waals surface area contributed by atoms with Gasteiger partial charge in [0, 0.05) is 6.61 Å². The molecular formula is C16H22O4. The number of hydrogen-bond acceptors (Lipinski definition) is 3. The van der Waals surface area contributed by atoms with Gasteiger partial charge in [0.25, 0.3) is 0 Å². The lowest BCUT2D eigenvalue weighted by atomic mass is 9.81. The predicted molar refractivity (Wildman–Crippen MR) is 76.0 cm³/mol. The van der Waals surface area contributed by atoms with E-state index in [-0.39, 0.29) is 6.61 Å². The van der Waals surface area contributed by atoms with Crippen LogP contribution in [0.5, 0.6) is 5.75 Å². The minimum atomic E-state index is -0.945. The minimum absolute atomic E-state index is 0.253. The van der Waals surface area contributed by atoms with Gasteiger partial charge in [0.2, 0.25) is 0 Å². The van der Waals surface area contributed by atoms with Gasteiger partial charge in [-0.05, 0) is 62.1 Å². The molecule has 1 aliphatic rings. The first-order valence-electron chi connectivity index (χ1n) is 7.23. The molecule has 1 aliphatic carbocycles. The van der Waals surface area contributed by atoms with Crippen molar-refractivity contribution in [2.45, 2.75) is 45.1 Å². The number of fused-ring (bicyclic) bond motifs is 1. The van der Waals surface area contributed by atoms with Crippen molar-refractivity contribution in [1.29, 1.82) is 0 Å². The molecule has 0 saturated heterocycles. The molecule has 110 valence electrons. The molecule has 0 aliphatic heterocycles. The summed E-state index contributed by atoms with van der Waals surface area (Å²) in [5, 5.41) is 17.8. The van der Waals surface area contributed by atoms with Crippen LogP contribution in [-0.2, 0) is 17.6 Å². The van der Waals surface area contributed by atoms with Gasteiger partial charge in [-0.3, -0.25) is 0 Å². The molecule has 20 heavy (non-hydrogen) atoms. The van der Waals surface area contributed by atoms with Gasteiger partial charge in [0.15, 0.2) is 6.10 Å². The van der Waals surface area contributed by atoms with E-state index in [0.717, 1.165) is 37.7 Å². The Labute approximate surface area is 119 Å². The summed E-state index contributed by atoms with van der Waals surface area (Å²) >= 11 is 0. The summed E-state index contributed by atoms with van der Waals surface area (Å²) in [6.07, 6.45) is 4.07. The van der Waals surface area contributed by atoms with Crippen LogP contribution in [0.1, 0.15) is 37.3 Å². The van der Waals surface area contributed by atoms with Gasteiger partial charge in [-0.1, -0.05) is 12.1 Å². The average Bonchev–Trinajstić information content (AvgIpc) is 2.45. The number of benzene rings is 1. The number of carbonyl (C=O) groups is 1. The normalized spacial score (nSPS) is 19.2. The Morgan fingerprint density at radius 1 is 1.50 bits per heavy atom. The van der Waals surface area contributed by atoms with E-state index in [1.165, 1.54) is 5.56 Å². The van der Waals surface area contributed by atoms with E-state index >= 15 is 0 Å². The zero-order valence-electron chi connectivity index (χ0n) is 11.8. The van der Waals surface area contributed by atoms with Crippen LogP contribution in [0.2, 0.25) is 0 Å². The number of carboxylic acids is 1. The summed E-state index contributed by atoms with van der Waals surface area (Å²) in [7, 11) is 0. The van der Waals surface area contributed by atoms with Gasteiger partial charge < -0.3 is 14.9 Å². The van der Waals surface area contributed by atoms with E-state index in [1.54, 1.807) is 6.92 Å². The van der Waals surface area contributed by atoms with Crippen molar-refractivity contribution in [3.8, 4) is 5.75 Å². The molecule has 0 aromatic heterocycles. The smallest absolute Gasteiger partial charge is 0.344 e. The third-order valence-corrected chi connectivity index (χ3v) is 3.96. The first-order chi connectivity index (χ1) is 9.61. The molecule has 2 N–H and O–H groups in total. The molecule has 2 rings (SSSR count). The lowest BCUT2D eigenvalue weighted by Gasteiger charge is -2.26. The van der Waals surface area contributed by atoms with Gasteiger partial charge in [-0.2, -0.15) is 0 Å². The third kappa shape index (κ3) is 3.51. The summed E-state index contributed by atoms with van der Waals surface area (Å²) in [6, 6.07) is 5.88. The summed E-state index contributed by atoms with van der Waals surface area (Å²) in [5.41, 5.74) is 2.41. The van der Waals surface area contributed by atoms with Gasteiger partial charge in [0.1, 0.15) is 5.75 Å². The van der Waals surface area contributed by atoms with Crippen molar-refractivity contribution in [1.82, 2.24) is 0 Å². The fourth-order valence-electron chi connectivity index (χ4n) is 2.83. The molecule has 0 fully saturated rings. The quantitative estimate of drug-likeness (QED) is 0.838. The molecule has 0 bridgehead atoms. The molecule has 0 saturated carbocycles. The monoisotopic (exact) mass is 278 g/mol. The van der Waals surface area contributed by atoms with Crippen molar-refractivity contribution < 1.29 is 19.7 Å². The highest BCUT2D eigenvalue weighted by atomic mass is 16.5. The average molecular weight is 278 g/mol.